The molecule has 1 aromatic heterocycles. The molecule has 1 fully saturated rings. The van der Waals surface area contributed by atoms with E-state index in [2.05, 4.69) is 10.4 Å². The van der Waals surface area contributed by atoms with E-state index >= 15 is 0 Å². The highest BCUT2D eigenvalue weighted by Crippen LogP contribution is 2.19. The molecule has 5 heteroatoms. The number of aliphatic hydroxyl groups is 1. The third-order valence-corrected chi connectivity index (χ3v) is 3.53. The van der Waals surface area contributed by atoms with Crippen molar-refractivity contribution in [3.8, 4) is 0 Å². The van der Waals surface area contributed by atoms with Gasteiger partial charge in [-0.25, -0.2) is 0 Å². The first kappa shape index (κ1) is 14.5. The summed E-state index contributed by atoms with van der Waals surface area (Å²) in [5, 5.41) is 16.3. The van der Waals surface area contributed by atoms with Crippen LogP contribution < -0.4 is 5.32 Å². The molecule has 0 atom stereocenters. The predicted molar refractivity (Wildman–Crippen MR) is 73.8 cm³/mol. The number of rotatable bonds is 8. The Morgan fingerprint density at radius 2 is 2.21 bits per heavy atom. The third-order valence-electron chi connectivity index (χ3n) is 3.53. The van der Waals surface area contributed by atoms with Crippen molar-refractivity contribution in [1.29, 1.82) is 0 Å². The van der Waals surface area contributed by atoms with Crippen LogP contribution in [0.15, 0.2) is 12.4 Å². The quantitative estimate of drug-likeness (QED) is 0.697. The summed E-state index contributed by atoms with van der Waals surface area (Å²) in [6.07, 6.45) is 10.8. The second kappa shape index (κ2) is 8.30. The molecule has 1 heterocycles. The van der Waals surface area contributed by atoms with Gasteiger partial charge >= 0.3 is 0 Å². The minimum atomic E-state index is 0.129. The van der Waals surface area contributed by atoms with Gasteiger partial charge in [0.05, 0.1) is 32.1 Å². The third kappa shape index (κ3) is 5.30. The van der Waals surface area contributed by atoms with Gasteiger partial charge in [0.25, 0.3) is 0 Å². The lowest BCUT2D eigenvalue weighted by Crippen LogP contribution is -2.24. The van der Waals surface area contributed by atoms with Crippen LogP contribution in [0.1, 0.15) is 37.7 Å². The fraction of sp³-hybridized carbons (Fsp3) is 0.786. The summed E-state index contributed by atoms with van der Waals surface area (Å²) < 4.78 is 7.61. The molecular weight excluding hydrogens is 242 g/mol. The van der Waals surface area contributed by atoms with Crippen molar-refractivity contribution in [3.05, 3.63) is 18.0 Å². The molecule has 0 spiro atoms. The molecule has 19 heavy (non-hydrogen) atoms. The largest absolute Gasteiger partial charge is 0.394 e. The average molecular weight is 267 g/mol. The summed E-state index contributed by atoms with van der Waals surface area (Å²) in [5.74, 6) is 0. The summed E-state index contributed by atoms with van der Waals surface area (Å²) in [7, 11) is 0. The van der Waals surface area contributed by atoms with Crippen LogP contribution in [-0.4, -0.2) is 40.7 Å². The Bertz CT molecular complexity index is 348. The number of nitrogens with zero attached hydrogens (tertiary/aromatic N) is 2. The van der Waals surface area contributed by atoms with Gasteiger partial charge in [-0.3, -0.25) is 4.68 Å². The summed E-state index contributed by atoms with van der Waals surface area (Å²) in [6, 6.07) is 0. The Labute approximate surface area is 115 Å². The Morgan fingerprint density at radius 3 is 3.00 bits per heavy atom. The SMILES string of the molecule is OCCn1cc(CNCCOC2CCCCC2)cn1. The van der Waals surface area contributed by atoms with Crippen molar-refractivity contribution < 1.29 is 9.84 Å². The topological polar surface area (TPSA) is 59.3 Å². The normalized spacial score (nSPS) is 16.9. The fourth-order valence-electron chi connectivity index (χ4n) is 2.48. The van der Waals surface area contributed by atoms with E-state index in [0.29, 0.717) is 12.6 Å². The molecule has 2 N–H and O–H groups in total. The maximum atomic E-state index is 8.81. The number of nitrogens with one attached hydrogen (secondary N) is 1. The average Bonchev–Trinajstić information content (AvgIpc) is 2.88. The minimum Gasteiger partial charge on any atom is -0.394 e. The zero-order valence-corrected chi connectivity index (χ0v) is 11.6. The second-order valence-corrected chi connectivity index (χ2v) is 5.14. The smallest absolute Gasteiger partial charge is 0.0640 e. The van der Waals surface area contributed by atoms with Crippen molar-refractivity contribution in [2.45, 2.75) is 51.3 Å². The van der Waals surface area contributed by atoms with Gasteiger partial charge in [0.2, 0.25) is 0 Å². The van der Waals surface area contributed by atoms with Gasteiger partial charge in [0.1, 0.15) is 0 Å². The molecule has 0 radical (unpaired) electrons. The summed E-state index contributed by atoms with van der Waals surface area (Å²) in [5.41, 5.74) is 1.14. The van der Waals surface area contributed by atoms with E-state index in [9.17, 15) is 0 Å². The molecule has 0 unspecified atom stereocenters. The molecule has 1 saturated carbocycles. The Hall–Kier alpha value is -0.910. The van der Waals surface area contributed by atoms with Crippen LogP contribution in [0.2, 0.25) is 0 Å². The van der Waals surface area contributed by atoms with E-state index in [4.69, 9.17) is 9.84 Å². The molecule has 2 rings (SSSR count). The first-order valence-corrected chi connectivity index (χ1v) is 7.33. The first-order valence-electron chi connectivity index (χ1n) is 7.33. The van der Waals surface area contributed by atoms with Crippen LogP contribution >= 0.6 is 0 Å². The zero-order valence-electron chi connectivity index (χ0n) is 11.6. The van der Waals surface area contributed by atoms with E-state index in [-0.39, 0.29) is 6.61 Å². The molecule has 108 valence electrons. The van der Waals surface area contributed by atoms with Crippen LogP contribution in [0.5, 0.6) is 0 Å². The Morgan fingerprint density at radius 1 is 1.37 bits per heavy atom. The molecule has 1 aliphatic rings. The van der Waals surface area contributed by atoms with E-state index in [0.717, 1.165) is 25.3 Å². The molecule has 5 nitrogen and oxygen atoms in total. The number of aromatic nitrogens is 2. The zero-order chi connectivity index (χ0) is 13.3. The summed E-state index contributed by atoms with van der Waals surface area (Å²) >= 11 is 0. The van der Waals surface area contributed by atoms with Crippen LogP contribution in [0.25, 0.3) is 0 Å². The highest BCUT2D eigenvalue weighted by atomic mass is 16.5. The van der Waals surface area contributed by atoms with Gasteiger partial charge in [0, 0.05) is 24.8 Å². The molecule has 0 saturated heterocycles. The van der Waals surface area contributed by atoms with Crippen LogP contribution in [0.4, 0.5) is 0 Å². The van der Waals surface area contributed by atoms with Gasteiger partial charge < -0.3 is 15.2 Å². The van der Waals surface area contributed by atoms with Crippen molar-refractivity contribution in [3.63, 3.8) is 0 Å². The molecule has 0 bridgehead atoms. The van der Waals surface area contributed by atoms with Gasteiger partial charge in [-0.1, -0.05) is 19.3 Å². The number of ether oxygens (including phenoxy) is 1. The monoisotopic (exact) mass is 267 g/mol. The highest BCUT2D eigenvalue weighted by molar-refractivity contribution is 5.03. The maximum Gasteiger partial charge on any atom is 0.0640 e. The van der Waals surface area contributed by atoms with Crippen LogP contribution in [-0.2, 0) is 17.8 Å². The van der Waals surface area contributed by atoms with Crippen molar-refractivity contribution in [2.75, 3.05) is 19.8 Å². The van der Waals surface area contributed by atoms with Crippen LogP contribution in [0.3, 0.4) is 0 Å². The highest BCUT2D eigenvalue weighted by Gasteiger charge is 2.12. The molecule has 0 amide bonds. The van der Waals surface area contributed by atoms with Gasteiger partial charge in [-0.05, 0) is 12.8 Å². The van der Waals surface area contributed by atoms with Gasteiger partial charge in [-0.15, -0.1) is 0 Å². The number of hydrogen-bond donors (Lipinski definition) is 2. The molecular formula is C14H25N3O2. The lowest BCUT2D eigenvalue weighted by atomic mass is 9.98. The van der Waals surface area contributed by atoms with E-state index in [1.54, 1.807) is 4.68 Å². The summed E-state index contributed by atoms with van der Waals surface area (Å²) in [4.78, 5) is 0. The molecule has 0 aromatic carbocycles. The fourth-order valence-corrected chi connectivity index (χ4v) is 2.48. The molecule has 1 aliphatic carbocycles. The standard InChI is InChI=1S/C14H25N3O2/c18-8-7-17-12-13(11-16-17)10-15-6-9-19-14-4-2-1-3-5-14/h11-12,14-15,18H,1-10H2. The minimum absolute atomic E-state index is 0.129. The number of hydrogen-bond acceptors (Lipinski definition) is 4. The first-order chi connectivity index (χ1) is 9.38. The predicted octanol–water partition coefficient (Wildman–Crippen LogP) is 1.31. The van der Waals surface area contributed by atoms with Gasteiger partial charge in [0.15, 0.2) is 0 Å². The lowest BCUT2D eigenvalue weighted by Gasteiger charge is -2.21. The maximum absolute atomic E-state index is 8.81. The van der Waals surface area contributed by atoms with E-state index in [1.807, 2.05) is 12.4 Å². The second-order valence-electron chi connectivity index (χ2n) is 5.14. The van der Waals surface area contributed by atoms with Crippen molar-refractivity contribution >= 4 is 0 Å². The van der Waals surface area contributed by atoms with Crippen LogP contribution in [0, 0.1) is 0 Å². The lowest BCUT2D eigenvalue weighted by molar-refractivity contribution is 0.0302. The van der Waals surface area contributed by atoms with Gasteiger partial charge in [-0.2, -0.15) is 5.10 Å². The van der Waals surface area contributed by atoms with E-state index < -0.39 is 0 Å². The molecule has 0 aliphatic heterocycles. The van der Waals surface area contributed by atoms with Crippen molar-refractivity contribution in [2.24, 2.45) is 0 Å². The Kier molecular flexibility index (Phi) is 6.33. The summed E-state index contributed by atoms with van der Waals surface area (Å²) in [6.45, 7) is 3.16. The van der Waals surface area contributed by atoms with E-state index in [1.165, 1.54) is 32.1 Å². The number of aliphatic hydroxyl groups excluding tert-OH is 1. The Balaban J connectivity index is 1.53. The van der Waals surface area contributed by atoms with Crippen molar-refractivity contribution in [1.82, 2.24) is 15.1 Å². The molecule has 1 aromatic rings.